The molecule has 0 amide bonds. The molecule has 1 N–H and O–H groups in total. The lowest BCUT2D eigenvalue weighted by Gasteiger charge is -2.25. The normalized spacial score (nSPS) is 13.4. The highest BCUT2D eigenvalue weighted by Gasteiger charge is 2.25. The zero-order valence-corrected chi connectivity index (χ0v) is 54.3. The van der Waals surface area contributed by atoms with Crippen LogP contribution in [0.25, 0.3) is 0 Å². The van der Waals surface area contributed by atoms with Crippen LogP contribution in [0.5, 0.6) is 0 Å². The molecule has 0 rings (SSSR count). The Morgan fingerprint density at radius 1 is 0.373 bits per heavy atom. The first-order chi connectivity index (χ1) is 40.6. The summed E-state index contributed by atoms with van der Waals surface area (Å²) in [7, 11) is 5.97. The van der Waals surface area contributed by atoms with E-state index < -0.39 is 24.3 Å². The highest BCUT2D eigenvalue weighted by atomic mass is 16.7. The second-order valence-electron chi connectivity index (χ2n) is 23.8. The topological polar surface area (TPSA) is 108 Å². The summed E-state index contributed by atoms with van der Waals surface area (Å²) in [4.78, 5) is 37.6. The van der Waals surface area contributed by atoms with Crippen molar-refractivity contribution >= 4 is 17.9 Å². The molecule has 476 valence electrons. The number of hydrogen-bond acceptors (Lipinski definition) is 7. The average Bonchev–Trinajstić information content (AvgIpc) is 3.46. The second-order valence-corrected chi connectivity index (χ2v) is 23.8. The van der Waals surface area contributed by atoms with E-state index in [2.05, 4.69) is 123 Å². The van der Waals surface area contributed by atoms with E-state index in [1.165, 1.54) is 148 Å². The van der Waals surface area contributed by atoms with Gasteiger partial charge in [0.15, 0.2) is 6.10 Å². The largest absolute Gasteiger partial charge is 0.477 e. The van der Waals surface area contributed by atoms with Crippen molar-refractivity contribution < 1.29 is 42.9 Å². The lowest BCUT2D eigenvalue weighted by atomic mass is 10.0. The molecule has 83 heavy (non-hydrogen) atoms. The minimum absolute atomic E-state index is 0.184. The number of allylic oxidation sites excluding steroid dienone is 18. The highest BCUT2D eigenvalue weighted by molar-refractivity contribution is 5.71. The van der Waals surface area contributed by atoms with E-state index in [0.29, 0.717) is 23.9 Å². The van der Waals surface area contributed by atoms with E-state index >= 15 is 0 Å². The number of nitrogens with zero attached hydrogens (tertiary/aromatic N) is 1. The van der Waals surface area contributed by atoms with Gasteiger partial charge in [-0.05, 0) is 83.5 Å². The number of carboxylic acid groups (broad SMARTS) is 1. The summed E-state index contributed by atoms with van der Waals surface area (Å²) in [6, 6.07) is 0. The van der Waals surface area contributed by atoms with Crippen molar-refractivity contribution in [3.05, 3.63) is 109 Å². The SMILES string of the molecule is CC/C=C\C/C=C\C/C=C\C/C=C\C/C=C\C/C=C\C/C=C\C/C=C\C/C=C\CCCCCCCCCCCCCC(=O)OC(COC(=O)CCCCCCCCCCCCCCCCCCCCC)COC(OCC[N+](C)(C)C)C(=O)O. The summed E-state index contributed by atoms with van der Waals surface area (Å²) >= 11 is 0. The monoisotopic (exact) mass is 1160 g/mol. The Balaban J connectivity index is 4.13. The quantitative estimate of drug-likeness (QED) is 0.0211. The average molecular weight is 1160 g/mol. The maximum Gasteiger partial charge on any atom is 0.361 e. The van der Waals surface area contributed by atoms with Crippen LogP contribution in [0.3, 0.4) is 0 Å². The predicted octanol–water partition coefficient (Wildman–Crippen LogP) is 21.0. The van der Waals surface area contributed by atoms with Gasteiger partial charge >= 0.3 is 17.9 Å². The minimum atomic E-state index is -1.51. The van der Waals surface area contributed by atoms with Crippen LogP contribution in [0.15, 0.2) is 109 Å². The fraction of sp³-hybridized carbons (Fsp3) is 0.716. The molecule has 0 spiro atoms. The van der Waals surface area contributed by atoms with Crippen LogP contribution in [0.4, 0.5) is 0 Å². The van der Waals surface area contributed by atoms with E-state index in [0.717, 1.165) is 103 Å². The number of esters is 2. The molecule has 2 atom stereocenters. The smallest absolute Gasteiger partial charge is 0.361 e. The van der Waals surface area contributed by atoms with Gasteiger partial charge in [-0.25, -0.2) is 4.79 Å². The van der Waals surface area contributed by atoms with Crippen molar-refractivity contribution in [1.82, 2.24) is 0 Å². The molecular formula is C74H128NO8+. The number of likely N-dealkylation sites (N-methyl/N-ethyl adjacent to an activating group) is 1. The Morgan fingerprint density at radius 3 is 1.02 bits per heavy atom. The van der Waals surface area contributed by atoms with E-state index in [1.54, 1.807) is 0 Å². The molecule has 0 fully saturated rings. The molecule has 0 radical (unpaired) electrons. The molecule has 0 heterocycles. The van der Waals surface area contributed by atoms with Gasteiger partial charge in [-0.2, -0.15) is 0 Å². The summed E-state index contributed by atoms with van der Waals surface area (Å²) in [5, 5.41) is 9.73. The summed E-state index contributed by atoms with van der Waals surface area (Å²) in [6.07, 6.45) is 86.2. The molecule has 0 saturated carbocycles. The van der Waals surface area contributed by atoms with Gasteiger partial charge in [-0.3, -0.25) is 9.59 Å². The van der Waals surface area contributed by atoms with Crippen molar-refractivity contribution in [2.45, 2.75) is 296 Å². The molecule has 0 aliphatic rings. The van der Waals surface area contributed by atoms with Gasteiger partial charge in [0.05, 0.1) is 34.4 Å². The third kappa shape index (κ3) is 65.3. The lowest BCUT2D eigenvalue weighted by Crippen LogP contribution is -2.40. The van der Waals surface area contributed by atoms with Crippen LogP contribution in [0.2, 0.25) is 0 Å². The summed E-state index contributed by atoms with van der Waals surface area (Å²) in [5.74, 6) is -2.00. The fourth-order valence-corrected chi connectivity index (χ4v) is 9.36. The van der Waals surface area contributed by atoms with Crippen LogP contribution >= 0.6 is 0 Å². The number of aliphatic carboxylic acids is 1. The number of ether oxygens (including phenoxy) is 4. The molecule has 0 aliphatic carbocycles. The summed E-state index contributed by atoms with van der Waals surface area (Å²) < 4.78 is 23.0. The number of carbonyl (C=O) groups excluding carboxylic acids is 2. The van der Waals surface area contributed by atoms with Crippen LogP contribution in [0, 0.1) is 0 Å². The number of rotatable bonds is 62. The first-order valence-electron chi connectivity index (χ1n) is 34.1. The fourth-order valence-electron chi connectivity index (χ4n) is 9.36. The third-order valence-corrected chi connectivity index (χ3v) is 14.5. The van der Waals surface area contributed by atoms with Gasteiger partial charge < -0.3 is 28.5 Å². The van der Waals surface area contributed by atoms with Crippen LogP contribution in [-0.2, 0) is 33.3 Å². The first kappa shape index (κ1) is 79.0. The van der Waals surface area contributed by atoms with Gasteiger partial charge in [0, 0.05) is 12.8 Å². The Labute approximate surface area is 511 Å². The summed E-state index contributed by atoms with van der Waals surface area (Å²) in [6.45, 7) is 4.79. The third-order valence-electron chi connectivity index (χ3n) is 14.5. The Kier molecular flexibility index (Phi) is 60.8. The minimum Gasteiger partial charge on any atom is -0.477 e. The number of hydrogen-bond donors (Lipinski definition) is 1. The van der Waals surface area contributed by atoms with Crippen molar-refractivity contribution in [1.29, 1.82) is 0 Å². The van der Waals surface area contributed by atoms with E-state index in [-0.39, 0.29) is 32.2 Å². The van der Waals surface area contributed by atoms with E-state index in [9.17, 15) is 19.5 Å². The molecule has 9 nitrogen and oxygen atoms in total. The Hall–Kier alpha value is -4.05. The van der Waals surface area contributed by atoms with Gasteiger partial charge in [0.2, 0.25) is 0 Å². The lowest BCUT2D eigenvalue weighted by molar-refractivity contribution is -0.870. The molecule has 2 unspecified atom stereocenters. The second kappa shape index (κ2) is 64.0. The zero-order valence-electron chi connectivity index (χ0n) is 54.3. The van der Waals surface area contributed by atoms with Gasteiger partial charge in [-0.15, -0.1) is 0 Å². The highest BCUT2D eigenvalue weighted by Crippen LogP contribution is 2.17. The maximum absolute atomic E-state index is 12.9. The van der Waals surface area contributed by atoms with Gasteiger partial charge in [0.25, 0.3) is 6.29 Å². The number of unbranched alkanes of at least 4 members (excludes halogenated alkanes) is 29. The van der Waals surface area contributed by atoms with Crippen molar-refractivity contribution in [3.8, 4) is 0 Å². The molecular weight excluding hydrogens is 1030 g/mol. The number of quaternary nitrogens is 1. The van der Waals surface area contributed by atoms with Crippen LogP contribution in [0.1, 0.15) is 284 Å². The Bertz CT molecular complexity index is 1730. The molecule has 0 saturated heterocycles. The molecule has 0 aromatic carbocycles. The van der Waals surface area contributed by atoms with Crippen molar-refractivity contribution in [2.75, 3.05) is 47.5 Å². The van der Waals surface area contributed by atoms with E-state index in [1.807, 2.05) is 21.1 Å². The van der Waals surface area contributed by atoms with Crippen molar-refractivity contribution in [3.63, 3.8) is 0 Å². The number of carbonyl (C=O) groups is 3. The van der Waals surface area contributed by atoms with Gasteiger partial charge in [0.1, 0.15) is 13.2 Å². The molecule has 0 aromatic rings. The first-order valence-corrected chi connectivity index (χ1v) is 34.1. The van der Waals surface area contributed by atoms with E-state index in [4.69, 9.17) is 18.9 Å². The van der Waals surface area contributed by atoms with Crippen LogP contribution in [-0.4, -0.2) is 87.4 Å². The van der Waals surface area contributed by atoms with Crippen LogP contribution < -0.4 is 0 Å². The molecule has 0 bridgehead atoms. The standard InChI is InChI=1S/C74H127NO8/c1-6-8-10-12-14-16-18-20-22-24-26-27-28-29-30-31-32-33-34-35-36-37-38-39-40-41-42-43-44-45-47-49-51-53-55-57-59-61-63-65-72(77)83-70(69-82-74(73(78)79)80-67-66-75(3,4)5)68-81-71(76)64-62-60-58-56-54-52-50-48-46-25-23-21-19-17-15-13-11-9-7-2/h8,10,14,16,20,22,26-27,29-30,32-33,35-36,38-39,41-42,70,74H,6-7,9,11-13,15,17-19,21,23-25,28,31,34,37,40,43-69H2,1-5H3/p+1/b10-8-,16-14-,22-20-,27-26-,30-29-,33-32-,36-35-,39-38-,42-41-. The Morgan fingerprint density at radius 2 is 0.687 bits per heavy atom. The van der Waals surface area contributed by atoms with Crippen molar-refractivity contribution in [2.24, 2.45) is 0 Å². The van der Waals surface area contributed by atoms with Gasteiger partial charge in [-0.1, -0.05) is 297 Å². The molecule has 9 heteroatoms. The zero-order chi connectivity index (χ0) is 60.5. The molecule has 0 aromatic heterocycles. The summed E-state index contributed by atoms with van der Waals surface area (Å²) in [5.41, 5.74) is 0. The predicted molar refractivity (Wildman–Crippen MR) is 355 cm³/mol. The molecule has 0 aliphatic heterocycles. The number of carboxylic acids is 1. The maximum atomic E-state index is 12.9.